The largest absolute Gasteiger partial charge is 0.459 e. The highest BCUT2D eigenvalue weighted by molar-refractivity contribution is 5.79. The predicted octanol–water partition coefficient (Wildman–Crippen LogP) is 0.182. The fourth-order valence-corrected chi connectivity index (χ4v) is 1.67. The Morgan fingerprint density at radius 3 is 2.31 bits per heavy atom. The second-order valence-electron chi connectivity index (χ2n) is 5.17. The van der Waals surface area contributed by atoms with Gasteiger partial charge in [-0.2, -0.15) is 0 Å². The number of carbonyl (C=O) groups is 2. The zero-order valence-corrected chi connectivity index (χ0v) is 10.1. The number of carbonyl (C=O) groups excluding carboxylic acids is 2. The van der Waals surface area contributed by atoms with Gasteiger partial charge in [-0.05, 0) is 33.6 Å². The summed E-state index contributed by atoms with van der Waals surface area (Å²) >= 11 is 0. The van der Waals surface area contributed by atoms with Gasteiger partial charge < -0.3 is 15.8 Å². The number of hydrogen-bond acceptors (Lipinski definition) is 4. The summed E-state index contributed by atoms with van der Waals surface area (Å²) in [5.74, 6) is -0.732. The van der Waals surface area contributed by atoms with Crippen molar-refractivity contribution in [3.8, 4) is 0 Å². The van der Waals surface area contributed by atoms with E-state index in [1.807, 2.05) is 20.8 Å². The van der Waals surface area contributed by atoms with Gasteiger partial charge in [-0.25, -0.2) is 0 Å². The molecule has 0 bridgehead atoms. The summed E-state index contributed by atoms with van der Waals surface area (Å²) in [7, 11) is 0. The molecule has 1 fully saturated rings. The van der Waals surface area contributed by atoms with Crippen molar-refractivity contribution in [3.63, 3.8) is 0 Å². The van der Waals surface area contributed by atoms with Crippen LogP contribution < -0.4 is 11.1 Å². The summed E-state index contributed by atoms with van der Waals surface area (Å²) in [5, 5.41) is 3.00. The molecule has 1 heterocycles. The molecular formula is C11H20N2O3. The molecule has 1 amide bonds. The molecule has 2 atom stereocenters. The molecule has 16 heavy (non-hydrogen) atoms. The molecule has 5 nitrogen and oxygen atoms in total. The van der Waals surface area contributed by atoms with Crippen molar-refractivity contribution >= 4 is 11.9 Å². The van der Waals surface area contributed by atoms with Gasteiger partial charge in [-0.15, -0.1) is 0 Å². The standard InChI is InChI=1S/C11H20N2O3/c1-11(2,3)16-10(15)8-5-4-7(6-13-8)9(12)14/h7-8,13H,4-6H2,1-3H3,(H2,12,14). The summed E-state index contributed by atoms with van der Waals surface area (Å²) in [5.41, 5.74) is 4.72. The third-order valence-electron chi connectivity index (χ3n) is 2.51. The molecule has 0 aliphatic carbocycles. The van der Waals surface area contributed by atoms with Crippen LogP contribution in [0.1, 0.15) is 33.6 Å². The lowest BCUT2D eigenvalue weighted by atomic mass is 9.94. The molecule has 0 spiro atoms. The van der Waals surface area contributed by atoms with Gasteiger partial charge in [-0.1, -0.05) is 0 Å². The van der Waals surface area contributed by atoms with Crippen molar-refractivity contribution in [1.82, 2.24) is 5.32 Å². The smallest absolute Gasteiger partial charge is 0.323 e. The van der Waals surface area contributed by atoms with Crippen molar-refractivity contribution in [2.24, 2.45) is 11.7 Å². The lowest BCUT2D eigenvalue weighted by Crippen LogP contribution is -2.49. The molecule has 1 rings (SSSR count). The van der Waals surface area contributed by atoms with Crippen molar-refractivity contribution in [1.29, 1.82) is 0 Å². The van der Waals surface area contributed by atoms with Crippen LogP contribution in [0.15, 0.2) is 0 Å². The Hall–Kier alpha value is -1.10. The molecule has 0 saturated carbocycles. The zero-order chi connectivity index (χ0) is 12.3. The minimum atomic E-state index is -0.473. The number of piperidine rings is 1. The van der Waals surface area contributed by atoms with Gasteiger partial charge in [0.05, 0.1) is 5.92 Å². The van der Waals surface area contributed by atoms with Gasteiger partial charge in [0.15, 0.2) is 0 Å². The first kappa shape index (κ1) is 13.0. The molecule has 0 aromatic carbocycles. The Morgan fingerprint density at radius 1 is 1.31 bits per heavy atom. The maximum atomic E-state index is 11.7. The lowest BCUT2D eigenvalue weighted by molar-refractivity contribution is -0.158. The summed E-state index contributed by atoms with van der Waals surface area (Å²) < 4.78 is 5.26. The van der Waals surface area contributed by atoms with Crippen LogP contribution in [0.2, 0.25) is 0 Å². The van der Waals surface area contributed by atoms with Gasteiger partial charge in [-0.3, -0.25) is 9.59 Å². The van der Waals surface area contributed by atoms with Crippen molar-refractivity contribution in [2.45, 2.75) is 45.3 Å². The van der Waals surface area contributed by atoms with Gasteiger partial charge >= 0.3 is 5.97 Å². The highest BCUT2D eigenvalue weighted by atomic mass is 16.6. The Bertz CT molecular complexity index is 275. The van der Waals surface area contributed by atoms with Gasteiger partial charge in [0.1, 0.15) is 11.6 Å². The van der Waals surface area contributed by atoms with E-state index in [0.29, 0.717) is 19.4 Å². The second-order valence-corrected chi connectivity index (χ2v) is 5.17. The molecule has 3 N–H and O–H groups in total. The average Bonchev–Trinajstić information content (AvgIpc) is 2.15. The summed E-state index contributed by atoms with van der Waals surface area (Å²) in [6.07, 6.45) is 1.24. The fourth-order valence-electron chi connectivity index (χ4n) is 1.67. The van der Waals surface area contributed by atoms with Crippen LogP contribution in [0.5, 0.6) is 0 Å². The monoisotopic (exact) mass is 228 g/mol. The SMILES string of the molecule is CC(C)(C)OC(=O)C1CCC(C(N)=O)CN1. The third kappa shape index (κ3) is 3.81. The molecule has 2 unspecified atom stereocenters. The molecule has 0 aromatic heterocycles. The lowest BCUT2D eigenvalue weighted by Gasteiger charge is -2.29. The van der Waals surface area contributed by atoms with E-state index in [-0.39, 0.29) is 23.8 Å². The Morgan fingerprint density at radius 2 is 1.94 bits per heavy atom. The van der Waals surface area contributed by atoms with Crippen LogP contribution in [-0.2, 0) is 14.3 Å². The van der Waals surface area contributed by atoms with E-state index < -0.39 is 5.60 Å². The first-order chi connectivity index (χ1) is 7.29. The van der Waals surface area contributed by atoms with Crippen LogP contribution in [0.25, 0.3) is 0 Å². The minimum Gasteiger partial charge on any atom is -0.459 e. The molecule has 92 valence electrons. The molecule has 1 aliphatic heterocycles. The number of hydrogen-bond donors (Lipinski definition) is 2. The maximum absolute atomic E-state index is 11.7. The number of nitrogens with one attached hydrogen (secondary N) is 1. The first-order valence-electron chi connectivity index (χ1n) is 5.55. The van der Waals surface area contributed by atoms with Crippen LogP contribution in [0, 0.1) is 5.92 Å². The third-order valence-corrected chi connectivity index (χ3v) is 2.51. The molecule has 0 radical (unpaired) electrons. The maximum Gasteiger partial charge on any atom is 0.323 e. The minimum absolute atomic E-state index is 0.168. The number of nitrogens with two attached hydrogens (primary N) is 1. The van der Waals surface area contributed by atoms with Crippen LogP contribution in [0.3, 0.4) is 0 Å². The number of ether oxygens (including phenoxy) is 1. The van der Waals surface area contributed by atoms with E-state index in [4.69, 9.17) is 10.5 Å². The van der Waals surface area contributed by atoms with Gasteiger partial charge in [0.2, 0.25) is 5.91 Å². The van der Waals surface area contributed by atoms with Crippen LogP contribution in [-0.4, -0.2) is 30.1 Å². The van der Waals surface area contributed by atoms with E-state index in [1.165, 1.54) is 0 Å². The normalized spacial score (nSPS) is 26.2. The van der Waals surface area contributed by atoms with Gasteiger partial charge in [0.25, 0.3) is 0 Å². The molecule has 1 aliphatic rings. The highest BCUT2D eigenvalue weighted by Crippen LogP contribution is 2.17. The van der Waals surface area contributed by atoms with Crippen LogP contribution in [0.4, 0.5) is 0 Å². The Labute approximate surface area is 95.7 Å². The van der Waals surface area contributed by atoms with E-state index in [0.717, 1.165) is 0 Å². The molecular weight excluding hydrogens is 208 g/mol. The van der Waals surface area contributed by atoms with E-state index in [1.54, 1.807) is 0 Å². The molecule has 0 aromatic rings. The van der Waals surface area contributed by atoms with Crippen molar-refractivity contribution in [3.05, 3.63) is 0 Å². The molecule has 1 saturated heterocycles. The quantitative estimate of drug-likeness (QED) is 0.661. The fraction of sp³-hybridized carbons (Fsp3) is 0.818. The van der Waals surface area contributed by atoms with Crippen molar-refractivity contribution in [2.75, 3.05) is 6.54 Å². The molecule has 5 heteroatoms. The second kappa shape index (κ2) is 4.82. The Balaban J connectivity index is 2.42. The van der Waals surface area contributed by atoms with Crippen molar-refractivity contribution < 1.29 is 14.3 Å². The van der Waals surface area contributed by atoms with Gasteiger partial charge in [0, 0.05) is 6.54 Å². The first-order valence-corrected chi connectivity index (χ1v) is 5.55. The number of amides is 1. The highest BCUT2D eigenvalue weighted by Gasteiger charge is 2.31. The van der Waals surface area contributed by atoms with E-state index >= 15 is 0 Å². The summed E-state index contributed by atoms with van der Waals surface area (Å²) in [6, 6.07) is -0.310. The number of esters is 1. The Kier molecular flexibility index (Phi) is 3.91. The average molecular weight is 228 g/mol. The zero-order valence-electron chi connectivity index (χ0n) is 10.1. The van der Waals surface area contributed by atoms with E-state index in [2.05, 4.69) is 5.32 Å². The summed E-state index contributed by atoms with van der Waals surface area (Å²) in [4.78, 5) is 22.6. The summed E-state index contributed by atoms with van der Waals surface area (Å²) in [6.45, 7) is 5.96. The predicted molar refractivity (Wildman–Crippen MR) is 59.6 cm³/mol. The topological polar surface area (TPSA) is 81.4 Å². The van der Waals surface area contributed by atoms with E-state index in [9.17, 15) is 9.59 Å². The number of primary amides is 1. The number of rotatable bonds is 2. The van der Waals surface area contributed by atoms with Crippen LogP contribution >= 0.6 is 0 Å².